The Morgan fingerprint density at radius 1 is 1.21 bits per heavy atom. The molecule has 0 radical (unpaired) electrons. The van der Waals surface area contributed by atoms with Crippen LogP contribution in [0.15, 0.2) is 40.2 Å². The summed E-state index contributed by atoms with van der Waals surface area (Å²) in [6.45, 7) is -0.709. The Kier molecular flexibility index (Phi) is 5.51. The quantitative estimate of drug-likeness (QED) is 0.433. The van der Waals surface area contributed by atoms with Gasteiger partial charge < -0.3 is 24.7 Å². The van der Waals surface area contributed by atoms with Gasteiger partial charge in [-0.2, -0.15) is 0 Å². The van der Waals surface area contributed by atoms with Crippen LogP contribution in [0.25, 0.3) is 10.8 Å². The Balaban J connectivity index is 1.98. The summed E-state index contributed by atoms with van der Waals surface area (Å²) in [5.74, 6) is 0. The first-order valence-corrected chi connectivity index (χ1v) is 11.4. The van der Waals surface area contributed by atoms with Crippen LogP contribution in [0.2, 0.25) is 0 Å². The van der Waals surface area contributed by atoms with E-state index in [0.29, 0.717) is 5.39 Å². The molecule has 3 rings (SSSR count). The van der Waals surface area contributed by atoms with Gasteiger partial charge in [-0.1, -0.05) is 6.07 Å². The number of pyridine rings is 1. The monoisotopic (exact) mass is 435 g/mol. The van der Waals surface area contributed by atoms with Gasteiger partial charge in [-0.15, -0.1) is 0 Å². The van der Waals surface area contributed by atoms with Gasteiger partial charge in [-0.3, -0.25) is 13.9 Å². The minimum Gasteiger partial charge on any atom is -0.387 e. The lowest BCUT2D eigenvalue weighted by Gasteiger charge is -2.18. The normalized spacial score (nSPS) is 26.0. The summed E-state index contributed by atoms with van der Waals surface area (Å²) in [6, 6.07) is 5.54. The van der Waals surface area contributed by atoms with Gasteiger partial charge in [0.15, 0.2) is 16.1 Å². The molecule has 1 fully saturated rings. The predicted octanol–water partition coefficient (Wildman–Crippen LogP) is -0.867. The second kappa shape index (κ2) is 7.32. The van der Waals surface area contributed by atoms with Crippen LogP contribution in [0.4, 0.5) is 0 Å². The standard InChI is InChI=1S/C15H18NO10PS/c1-28(23,24)9-3-2-8-4-5-16(14(19)10(8)6-9)15-13(18)12(17)11(26-15)7-25-27(20,21)22/h2-6,11-13,15,17-18H,7H2,1H3,(H2,20,21,22)/t11-,12+,13-,15-/m1/s1. The number of hydrogen-bond donors (Lipinski definition) is 4. The van der Waals surface area contributed by atoms with Gasteiger partial charge in [-0.25, -0.2) is 13.0 Å². The molecule has 0 aliphatic carbocycles. The Morgan fingerprint density at radius 3 is 2.50 bits per heavy atom. The number of fused-ring (bicyclic) bond motifs is 1. The fraction of sp³-hybridized carbons (Fsp3) is 0.400. The second-order valence-corrected chi connectivity index (χ2v) is 9.64. The molecule has 0 spiro atoms. The van der Waals surface area contributed by atoms with E-state index in [9.17, 15) is 28.0 Å². The van der Waals surface area contributed by atoms with E-state index in [4.69, 9.17) is 14.5 Å². The number of aliphatic hydroxyl groups is 2. The molecule has 1 aliphatic rings. The van der Waals surface area contributed by atoms with E-state index in [0.717, 1.165) is 10.8 Å². The number of nitrogens with zero attached hydrogens (tertiary/aromatic N) is 1. The topological polar surface area (TPSA) is 173 Å². The maximum absolute atomic E-state index is 12.8. The van der Waals surface area contributed by atoms with Crippen molar-refractivity contribution in [2.75, 3.05) is 12.9 Å². The highest BCUT2D eigenvalue weighted by atomic mass is 32.2. The van der Waals surface area contributed by atoms with Gasteiger partial charge >= 0.3 is 7.82 Å². The number of benzene rings is 1. The summed E-state index contributed by atoms with van der Waals surface area (Å²) in [4.78, 5) is 30.3. The first-order valence-electron chi connectivity index (χ1n) is 7.95. The maximum atomic E-state index is 12.8. The molecule has 1 aliphatic heterocycles. The predicted molar refractivity (Wildman–Crippen MR) is 95.2 cm³/mol. The zero-order chi connectivity index (χ0) is 20.9. The van der Waals surface area contributed by atoms with Crippen molar-refractivity contribution in [3.8, 4) is 0 Å². The van der Waals surface area contributed by atoms with E-state index in [2.05, 4.69) is 4.52 Å². The van der Waals surface area contributed by atoms with Crippen molar-refractivity contribution in [3.63, 3.8) is 0 Å². The van der Waals surface area contributed by atoms with E-state index in [1.54, 1.807) is 0 Å². The fourth-order valence-electron chi connectivity index (χ4n) is 2.93. The fourth-order valence-corrected chi connectivity index (χ4v) is 3.92. The largest absolute Gasteiger partial charge is 0.469 e. The van der Waals surface area contributed by atoms with Crippen LogP contribution in [-0.4, -0.2) is 64.2 Å². The SMILES string of the molecule is CS(=O)(=O)c1ccc2ccn([C@@H]3O[C@H](COP(=O)(O)O)[C@H](O)[C@H]3O)c(=O)c2c1. The Bertz CT molecular complexity index is 1110. The van der Waals surface area contributed by atoms with E-state index in [1.807, 2.05) is 0 Å². The summed E-state index contributed by atoms with van der Waals surface area (Å²) in [5, 5.41) is 20.8. The van der Waals surface area contributed by atoms with Crippen molar-refractivity contribution >= 4 is 28.4 Å². The van der Waals surface area contributed by atoms with E-state index < -0.39 is 54.4 Å². The van der Waals surface area contributed by atoms with Gasteiger partial charge in [0.1, 0.15) is 18.3 Å². The van der Waals surface area contributed by atoms with Crippen molar-refractivity contribution in [1.29, 1.82) is 0 Å². The Labute approximate surface area is 158 Å². The third kappa shape index (κ3) is 4.19. The summed E-state index contributed by atoms with van der Waals surface area (Å²) < 4.78 is 44.9. The number of sulfone groups is 1. The minimum absolute atomic E-state index is 0.0595. The number of hydrogen-bond acceptors (Lipinski definition) is 8. The van der Waals surface area contributed by atoms with Gasteiger partial charge in [0.2, 0.25) is 0 Å². The van der Waals surface area contributed by atoms with Crippen molar-refractivity contribution in [3.05, 3.63) is 40.8 Å². The molecular formula is C15H18NO10PS. The van der Waals surface area contributed by atoms with Crippen LogP contribution in [0.1, 0.15) is 6.23 Å². The summed E-state index contributed by atoms with van der Waals surface area (Å²) >= 11 is 0. The van der Waals surface area contributed by atoms with Crippen LogP contribution in [0.5, 0.6) is 0 Å². The molecule has 1 aromatic carbocycles. The number of aliphatic hydroxyl groups excluding tert-OH is 2. The summed E-state index contributed by atoms with van der Waals surface area (Å²) in [5.41, 5.74) is -0.671. The Hall–Kier alpha value is -1.63. The minimum atomic E-state index is -4.82. The molecule has 154 valence electrons. The number of ether oxygens (including phenoxy) is 1. The average molecular weight is 435 g/mol. The van der Waals surface area contributed by atoms with E-state index in [1.165, 1.54) is 30.5 Å². The lowest BCUT2D eigenvalue weighted by Crippen LogP contribution is -2.35. The van der Waals surface area contributed by atoms with Crippen molar-refractivity contribution in [2.24, 2.45) is 0 Å². The number of phosphoric ester groups is 1. The zero-order valence-electron chi connectivity index (χ0n) is 14.4. The second-order valence-electron chi connectivity index (χ2n) is 6.38. The highest BCUT2D eigenvalue weighted by Gasteiger charge is 2.44. The third-order valence-electron chi connectivity index (χ3n) is 4.35. The van der Waals surface area contributed by atoms with Crippen LogP contribution in [-0.2, 0) is 23.7 Å². The van der Waals surface area contributed by atoms with Gasteiger partial charge in [0.05, 0.1) is 11.5 Å². The molecular weight excluding hydrogens is 417 g/mol. The van der Waals surface area contributed by atoms with Gasteiger partial charge in [0.25, 0.3) is 5.56 Å². The van der Waals surface area contributed by atoms with Crippen LogP contribution in [0.3, 0.4) is 0 Å². The third-order valence-corrected chi connectivity index (χ3v) is 5.95. The molecule has 0 bridgehead atoms. The summed E-state index contributed by atoms with van der Waals surface area (Å²) in [6.07, 6.45) is -3.50. The van der Waals surface area contributed by atoms with Gasteiger partial charge in [-0.05, 0) is 23.6 Å². The van der Waals surface area contributed by atoms with Crippen LogP contribution in [0, 0.1) is 0 Å². The first-order chi connectivity index (χ1) is 12.9. The highest BCUT2D eigenvalue weighted by Crippen LogP contribution is 2.38. The van der Waals surface area contributed by atoms with Crippen molar-refractivity contribution < 1.29 is 42.2 Å². The average Bonchev–Trinajstić information content (AvgIpc) is 2.87. The molecule has 4 N–H and O–H groups in total. The molecule has 0 unspecified atom stereocenters. The molecule has 28 heavy (non-hydrogen) atoms. The van der Waals surface area contributed by atoms with Gasteiger partial charge in [0, 0.05) is 17.8 Å². The molecule has 0 saturated carbocycles. The lowest BCUT2D eigenvalue weighted by molar-refractivity contribution is -0.0534. The van der Waals surface area contributed by atoms with Crippen molar-refractivity contribution in [1.82, 2.24) is 4.57 Å². The molecule has 2 heterocycles. The number of aromatic nitrogens is 1. The Morgan fingerprint density at radius 2 is 1.89 bits per heavy atom. The maximum Gasteiger partial charge on any atom is 0.469 e. The highest BCUT2D eigenvalue weighted by molar-refractivity contribution is 7.90. The molecule has 13 heteroatoms. The first kappa shape index (κ1) is 21.1. The lowest BCUT2D eigenvalue weighted by atomic mass is 10.1. The molecule has 1 saturated heterocycles. The van der Waals surface area contributed by atoms with Crippen molar-refractivity contribution in [2.45, 2.75) is 29.4 Å². The molecule has 0 amide bonds. The van der Waals surface area contributed by atoms with E-state index >= 15 is 0 Å². The van der Waals surface area contributed by atoms with Crippen LogP contribution >= 0.6 is 7.82 Å². The smallest absolute Gasteiger partial charge is 0.387 e. The number of phosphoric acid groups is 1. The summed E-state index contributed by atoms with van der Waals surface area (Å²) in [7, 11) is -8.37. The van der Waals surface area contributed by atoms with E-state index in [-0.39, 0.29) is 10.3 Å². The zero-order valence-corrected chi connectivity index (χ0v) is 16.2. The molecule has 2 aromatic rings. The molecule has 1 aromatic heterocycles. The molecule has 4 atom stereocenters. The van der Waals surface area contributed by atoms with Crippen LogP contribution < -0.4 is 5.56 Å². The number of rotatable bonds is 5. The molecule has 11 nitrogen and oxygen atoms in total.